The standard InChI is InChI=1S/C12H15N3O3/c16-12(10-5-6-13-7-10)14-8-9-3-1-2-4-11(9)15(17)18/h1-4,10,13H,5-8H2,(H,14,16). The van der Waals surface area contributed by atoms with Crippen LogP contribution < -0.4 is 10.6 Å². The van der Waals surface area contributed by atoms with Crippen LogP contribution in [0.3, 0.4) is 0 Å². The van der Waals surface area contributed by atoms with Crippen molar-refractivity contribution in [2.75, 3.05) is 13.1 Å². The van der Waals surface area contributed by atoms with Crippen LogP contribution in [0.5, 0.6) is 0 Å². The highest BCUT2D eigenvalue weighted by Crippen LogP contribution is 2.17. The lowest BCUT2D eigenvalue weighted by molar-refractivity contribution is -0.385. The van der Waals surface area contributed by atoms with Crippen molar-refractivity contribution in [3.05, 3.63) is 39.9 Å². The summed E-state index contributed by atoms with van der Waals surface area (Å²) in [5.74, 6) is -0.0640. The first-order chi connectivity index (χ1) is 8.68. The molecular formula is C12H15N3O3. The van der Waals surface area contributed by atoms with Crippen molar-refractivity contribution >= 4 is 11.6 Å². The van der Waals surface area contributed by atoms with Crippen LogP contribution >= 0.6 is 0 Å². The van der Waals surface area contributed by atoms with Crippen LogP contribution in [0.25, 0.3) is 0 Å². The number of nitrogens with zero attached hydrogens (tertiary/aromatic N) is 1. The first kappa shape index (κ1) is 12.5. The Kier molecular flexibility index (Phi) is 3.88. The molecule has 0 saturated carbocycles. The summed E-state index contributed by atoms with van der Waals surface area (Å²) in [7, 11) is 0. The summed E-state index contributed by atoms with van der Waals surface area (Å²) in [5, 5.41) is 16.7. The average Bonchev–Trinajstić information content (AvgIpc) is 2.90. The zero-order chi connectivity index (χ0) is 13.0. The molecule has 0 aliphatic carbocycles. The van der Waals surface area contributed by atoms with Crippen LogP contribution in [-0.4, -0.2) is 23.9 Å². The lowest BCUT2D eigenvalue weighted by Crippen LogP contribution is -2.31. The molecular weight excluding hydrogens is 234 g/mol. The van der Waals surface area contributed by atoms with Gasteiger partial charge in [-0.05, 0) is 13.0 Å². The molecule has 1 heterocycles. The topological polar surface area (TPSA) is 84.3 Å². The lowest BCUT2D eigenvalue weighted by atomic mass is 10.1. The van der Waals surface area contributed by atoms with Crippen LogP contribution in [0.2, 0.25) is 0 Å². The van der Waals surface area contributed by atoms with Gasteiger partial charge in [-0.25, -0.2) is 0 Å². The quantitative estimate of drug-likeness (QED) is 0.611. The van der Waals surface area contributed by atoms with Gasteiger partial charge in [-0.15, -0.1) is 0 Å². The number of carbonyl (C=O) groups is 1. The highest BCUT2D eigenvalue weighted by atomic mass is 16.6. The minimum absolute atomic E-state index is 0.0206. The van der Waals surface area contributed by atoms with Gasteiger partial charge in [0.1, 0.15) is 0 Å². The fourth-order valence-corrected chi connectivity index (χ4v) is 2.04. The maximum atomic E-state index is 11.8. The third-order valence-electron chi connectivity index (χ3n) is 3.07. The van der Waals surface area contributed by atoms with E-state index in [1.165, 1.54) is 6.07 Å². The van der Waals surface area contributed by atoms with Crippen LogP contribution in [0, 0.1) is 16.0 Å². The Labute approximate surface area is 105 Å². The van der Waals surface area contributed by atoms with E-state index >= 15 is 0 Å². The Hall–Kier alpha value is -1.95. The zero-order valence-electron chi connectivity index (χ0n) is 9.89. The van der Waals surface area contributed by atoms with Gasteiger partial charge in [-0.2, -0.15) is 0 Å². The highest BCUT2D eigenvalue weighted by Gasteiger charge is 2.22. The van der Waals surface area contributed by atoms with Gasteiger partial charge >= 0.3 is 0 Å². The van der Waals surface area contributed by atoms with E-state index in [4.69, 9.17) is 0 Å². The first-order valence-corrected chi connectivity index (χ1v) is 5.89. The third kappa shape index (κ3) is 2.84. The van der Waals surface area contributed by atoms with Gasteiger partial charge in [-0.3, -0.25) is 14.9 Å². The van der Waals surface area contributed by atoms with Crippen molar-refractivity contribution in [1.82, 2.24) is 10.6 Å². The van der Waals surface area contributed by atoms with E-state index in [0.717, 1.165) is 13.0 Å². The highest BCUT2D eigenvalue weighted by molar-refractivity contribution is 5.79. The lowest BCUT2D eigenvalue weighted by Gasteiger charge is -2.09. The van der Waals surface area contributed by atoms with E-state index < -0.39 is 4.92 Å². The summed E-state index contributed by atoms with van der Waals surface area (Å²) in [4.78, 5) is 22.2. The maximum absolute atomic E-state index is 11.8. The molecule has 1 amide bonds. The van der Waals surface area contributed by atoms with Crippen LogP contribution in [0.4, 0.5) is 5.69 Å². The minimum Gasteiger partial charge on any atom is -0.351 e. The van der Waals surface area contributed by atoms with Gasteiger partial charge < -0.3 is 10.6 Å². The molecule has 6 nitrogen and oxygen atoms in total. The van der Waals surface area contributed by atoms with E-state index in [1.54, 1.807) is 18.2 Å². The molecule has 1 aromatic rings. The normalized spacial score (nSPS) is 18.6. The first-order valence-electron chi connectivity index (χ1n) is 5.89. The molecule has 1 saturated heterocycles. The Morgan fingerprint density at radius 2 is 2.28 bits per heavy atom. The molecule has 18 heavy (non-hydrogen) atoms. The Bertz CT molecular complexity index is 456. The molecule has 2 rings (SSSR count). The summed E-state index contributed by atoms with van der Waals surface area (Å²) in [5.41, 5.74) is 0.573. The molecule has 1 aromatic carbocycles. The molecule has 96 valence electrons. The number of para-hydroxylation sites is 1. The molecule has 0 aromatic heterocycles. The Balaban J connectivity index is 1.97. The molecule has 1 aliphatic rings. The van der Waals surface area contributed by atoms with E-state index in [2.05, 4.69) is 10.6 Å². The monoisotopic (exact) mass is 249 g/mol. The second-order valence-electron chi connectivity index (χ2n) is 4.29. The minimum atomic E-state index is -0.432. The largest absolute Gasteiger partial charge is 0.351 e. The zero-order valence-corrected chi connectivity index (χ0v) is 9.89. The number of hydrogen-bond acceptors (Lipinski definition) is 4. The van der Waals surface area contributed by atoms with Crippen molar-refractivity contribution in [2.24, 2.45) is 5.92 Å². The number of rotatable bonds is 4. The van der Waals surface area contributed by atoms with Crippen molar-refractivity contribution in [1.29, 1.82) is 0 Å². The van der Waals surface area contributed by atoms with Crippen LogP contribution in [0.1, 0.15) is 12.0 Å². The second kappa shape index (κ2) is 5.59. The van der Waals surface area contributed by atoms with Crippen molar-refractivity contribution in [3.8, 4) is 0 Å². The molecule has 1 unspecified atom stereocenters. The number of nitro benzene ring substituents is 1. The van der Waals surface area contributed by atoms with Gasteiger partial charge in [0.05, 0.1) is 10.8 Å². The molecule has 1 fully saturated rings. The maximum Gasteiger partial charge on any atom is 0.274 e. The van der Waals surface area contributed by atoms with E-state index in [9.17, 15) is 14.9 Å². The van der Waals surface area contributed by atoms with Gasteiger partial charge in [0.2, 0.25) is 5.91 Å². The number of amides is 1. The Morgan fingerprint density at radius 3 is 2.94 bits per heavy atom. The molecule has 0 radical (unpaired) electrons. The molecule has 1 aliphatic heterocycles. The molecule has 1 atom stereocenters. The summed E-state index contributed by atoms with van der Waals surface area (Å²) < 4.78 is 0. The Morgan fingerprint density at radius 1 is 1.50 bits per heavy atom. The van der Waals surface area contributed by atoms with Gasteiger partial charge in [0, 0.05) is 24.7 Å². The average molecular weight is 249 g/mol. The van der Waals surface area contributed by atoms with E-state index in [1.807, 2.05) is 0 Å². The van der Waals surface area contributed by atoms with E-state index in [0.29, 0.717) is 12.1 Å². The predicted molar refractivity (Wildman–Crippen MR) is 65.9 cm³/mol. The fraction of sp³-hybridized carbons (Fsp3) is 0.417. The van der Waals surface area contributed by atoms with Crippen molar-refractivity contribution in [2.45, 2.75) is 13.0 Å². The summed E-state index contributed by atoms with van der Waals surface area (Å²) in [6, 6.07) is 6.44. The van der Waals surface area contributed by atoms with Crippen molar-refractivity contribution < 1.29 is 9.72 Å². The van der Waals surface area contributed by atoms with Crippen LogP contribution in [-0.2, 0) is 11.3 Å². The summed E-state index contributed by atoms with van der Waals surface area (Å²) >= 11 is 0. The third-order valence-corrected chi connectivity index (χ3v) is 3.07. The molecule has 2 N–H and O–H groups in total. The molecule has 0 bridgehead atoms. The fourth-order valence-electron chi connectivity index (χ4n) is 2.04. The number of nitro groups is 1. The number of carbonyl (C=O) groups excluding carboxylic acids is 1. The number of hydrogen-bond donors (Lipinski definition) is 2. The summed E-state index contributed by atoms with van der Waals surface area (Å²) in [6.07, 6.45) is 0.822. The number of nitrogens with one attached hydrogen (secondary N) is 2. The van der Waals surface area contributed by atoms with Gasteiger partial charge in [0.15, 0.2) is 0 Å². The molecule has 0 spiro atoms. The summed E-state index contributed by atoms with van der Waals surface area (Å²) in [6.45, 7) is 1.73. The smallest absolute Gasteiger partial charge is 0.274 e. The number of benzene rings is 1. The second-order valence-corrected chi connectivity index (χ2v) is 4.29. The molecule has 6 heteroatoms. The van der Waals surface area contributed by atoms with E-state index in [-0.39, 0.29) is 24.1 Å². The van der Waals surface area contributed by atoms with Gasteiger partial charge in [-0.1, -0.05) is 18.2 Å². The predicted octanol–water partition coefficient (Wildman–Crippen LogP) is 0.820. The van der Waals surface area contributed by atoms with Gasteiger partial charge in [0.25, 0.3) is 5.69 Å². The van der Waals surface area contributed by atoms with Crippen molar-refractivity contribution in [3.63, 3.8) is 0 Å². The van der Waals surface area contributed by atoms with Crippen LogP contribution in [0.15, 0.2) is 24.3 Å². The SMILES string of the molecule is O=C(NCc1ccccc1[N+](=O)[O-])C1CCNC1.